The third kappa shape index (κ3) is 3.72. The summed E-state index contributed by atoms with van der Waals surface area (Å²) in [5.74, 6) is -0.724. The molecule has 1 atom stereocenters. The molecule has 1 saturated heterocycles. The summed E-state index contributed by atoms with van der Waals surface area (Å²) in [5.41, 5.74) is 1.42. The van der Waals surface area contributed by atoms with Gasteiger partial charge in [-0.15, -0.1) is 0 Å². The van der Waals surface area contributed by atoms with E-state index >= 15 is 0 Å². The van der Waals surface area contributed by atoms with E-state index in [9.17, 15) is 14.7 Å². The Kier molecular flexibility index (Phi) is 5.09. The van der Waals surface area contributed by atoms with Gasteiger partial charge in [-0.3, -0.25) is 14.5 Å². The highest BCUT2D eigenvalue weighted by atomic mass is 16.4. The predicted octanol–water partition coefficient (Wildman–Crippen LogP) is 2.31. The topological polar surface area (TPSA) is 60.9 Å². The van der Waals surface area contributed by atoms with Crippen LogP contribution in [-0.4, -0.2) is 54.0 Å². The first-order chi connectivity index (χ1) is 10.7. The molecular formula is C18H26N2O3. The van der Waals surface area contributed by atoms with Gasteiger partial charge in [-0.25, -0.2) is 0 Å². The molecule has 1 fully saturated rings. The number of carbonyl (C=O) groups excluding carboxylic acids is 1. The van der Waals surface area contributed by atoms with Gasteiger partial charge in [0.15, 0.2) is 0 Å². The maximum absolute atomic E-state index is 12.9. The fraction of sp³-hybridized carbons (Fsp3) is 0.556. The van der Waals surface area contributed by atoms with Gasteiger partial charge in [0.25, 0.3) is 0 Å². The Labute approximate surface area is 137 Å². The molecule has 1 unspecified atom stereocenters. The second-order valence-corrected chi connectivity index (χ2v) is 6.97. The van der Waals surface area contributed by atoms with E-state index in [1.165, 1.54) is 0 Å². The summed E-state index contributed by atoms with van der Waals surface area (Å²) in [6, 6.07) is 7.67. The maximum Gasteiger partial charge on any atom is 0.309 e. The average molecular weight is 318 g/mol. The highest BCUT2D eigenvalue weighted by Gasteiger charge is 2.39. The van der Waals surface area contributed by atoms with Gasteiger partial charge in [0, 0.05) is 13.1 Å². The van der Waals surface area contributed by atoms with Crippen molar-refractivity contribution >= 4 is 11.9 Å². The average Bonchev–Trinajstić information content (AvgIpc) is 2.49. The molecule has 0 aliphatic carbocycles. The predicted molar refractivity (Wildman–Crippen MR) is 89.2 cm³/mol. The summed E-state index contributed by atoms with van der Waals surface area (Å²) in [5, 5.41) is 9.31. The van der Waals surface area contributed by atoms with Crippen molar-refractivity contribution < 1.29 is 14.7 Å². The number of hydrogen-bond donors (Lipinski definition) is 1. The minimum atomic E-state index is -0.771. The molecule has 5 nitrogen and oxygen atoms in total. The highest BCUT2D eigenvalue weighted by molar-refractivity contribution is 5.84. The molecule has 0 bridgehead atoms. The summed E-state index contributed by atoms with van der Waals surface area (Å²) >= 11 is 0. The molecule has 0 aromatic heterocycles. The molecule has 0 saturated carbocycles. The second kappa shape index (κ2) is 6.71. The van der Waals surface area contributed by atoms with E-state index < -0.39 is 11.4 Å². The van der Waals surface area contributed by atoms with Crippen molar-refractivity contribution in [1.82, 2.24) is 9.80 Å². The van der Waals surface area contributed by atoms with Crippen LogP contribution in [0.15, 0.2) is 24.3 Å². The molecule has 1 amide bonds. The van der Waals surface area contributed by atoms with Crippen LogP contribution in [0.25, 0.3) is 0 Å². The summed E-state index contributed by atoms with van der Waals surface area (Å²) in [6.45, 7) is 4.78. The van der Waals surface area contributed by atoms with E-state index in [0.717, 1.165) is 11.1 Å². The van der Waals surface area contributed by atoms with Crippen LogP contribution >= 0.6 is 0 Å². The summed E-state index contributed by atoms with van der Waals surface area (Å²) in [6.07, 6.45) is 1.00. The first-order valence-electron chi connectivity index (χ1n) is 8.00. The lowest BCUT2D eigenvalue weighted by atomic mass is 9.80. The molecule has 126 valence electrons. The van der Waals surface area contributed by atoms with Crippen molar-refractivity contribution in [3.8, 4) is 0 Å². The van der Waals surface area contributed by atoms with Crippen molar-refractivity contribution in [3.63, 3.8) is 0 Å². The number of amides is 1. The van der Waals surface area contributed by atoms with Crippen molar-refractivity contribution in [3.05, 3.63) is 35.4 Å². The quantitative estimate of drug-likeness (QED) is 0.925. The molecule has 1 heterocycles. The zero-order valence-electron chi connectivity index (χ0n) is 14.4. The molecule has 23 heavy (non-hydrogen) atoms. The molecular weight excluding hydrogens is 292 g/mol. The van der Waals surface area contributed by atoms with Gasteiger partial charge < -0.3 is 10.0 Å². The molecule has 2 rings (SSSR count). The van der Waals surface area contributed by atoms with Gasteiger partial charge in [-0.05, 0) is 46.3 Å². The van der Waals surface area contributed by atoms with Crippen LogP contribution in [-0.2, 0) is 9.59 Å². The minimum Gasteiger partial charge on any atom is -0.481 e. The third-order valence-corrected chi connectivity index (χ3v) is 4.84. The minimum absolute atomic E-state index is 0.0475. The summed E-state index contributed by atoms with van der Waals surface area (Å²) in [4.78, 5) is 28.0. The molecule has 5 heteroatoms. The molecule has 0 spiro atoms. The Morgan fingerprint density at radius 1 is 1.17 bits per heavy atom. The number of rotatable bonds is 4. The van der Waals surface area contributed by atoms with E-state index in [1.54, 1.807) is 11.8 Å². The second-order valence-electron chi connectivity index (χ2n) is 6.97. The van der Waals surface area contributed by atoms with Crippen LogP contribution in [0.4, 0.5) is 0 Å². The lowest BCUT2D eigenvalue weighted by Crippen LogP contribution is -2.48. The van der Waals surface area contributed by atoms with Crippen LogP contribution in [0.2, 0.25) is 0 Å². The first kappa shape index (κ1) is 17.5. The molecule has 1 aromatic carbocycles. The number of likely N-dealkylation sites (tertiary alicyclic amines) is 1. The number of likely N-dealkylation sites (N-methyl/N-ethyl adjacent to an activating group) is 1. The van der Waals surface area contributed by atoms with Gasteiger partial charge >= 0.3 is 5.97 Å². The lowest BCUT2D eigenvalue weighted by Gasteiger charge is -2.39. The van der Waals surface area contributed by atoms with Crippen LogP contribution < -0.4 is 0 Å². The van der Waals surface area contributed by atoms with Crippen LogP contribution in [0.3, 0.4) is 0 Å². The van der Waals surface area contributed by atoms with Crippen molar-refractivity contribution in [1.29, 1.82) is 0 Å². The highest BCUT2D eigenvalue weighted by Crippen LogP contribution is 2.32. The molecule has 1 aliphatic heterocycles. The van der Waals surface area contributed by atoms with Gasteiger partial charge in [0.1, 0.15) is 6.04 Å². The van der Waals surface area contributed by atoms with E-state index in [4.69, 9.17) is 0 Å². The van der Waals surface area contributed by atoms with Crippen molar-refractivity contribution in [2.24, 2.45) is 5.41 Å². The number of aryl methyl sites for hydroxylation is 1. The van der Waals surface area contributed by atoms with E-state index in [-0.39, 0.29) is 11.9 Å². The number of hydrogen-bond acceptors (Lipinski definition) is 3. The summed E-state index contributed by atoms with van der Waals surface area (Å²) < 4.78 is 0. The Bertz CT molecular complexity index is 572. The first-order valence-corrected chi connectivity index (χ1v) is 8.00. The smallest absolute Gasteiger partial charge is 0.309 e. The zero-order valence-corrected chi connectivity index (χ0v) is 14.4. The van der Waals surface area contributed by atoms with Gasteiger partial charge in [0.05, 0.1) is 5.41 Å². The normalized spacial score (nSPS) is 18.7. The van der Waals surface area contributed by atoms with Crippen molar-refractivity contribution in [2.45, 2.75) is 32.7 Å². The molecule has 0 radical (unpaired) electrons. The number of piperidine rings is 1. The van der Waals surface area contributed by atoms with Gasteiger partial charge in [-0.1, -0.05) is 29.8 Å². The number of carboxylic acids is 1. The molecule has 1 aromatic rings. The number of benzene rings is 1. The SMILES string of the molecule is Cc1ccc(C(C(=O)N2CCC(C)(C(=O)O)CC2)N(C)C)cc1. The Morgan fingerprint density at radius 3 is 2.13 bits per heavy atom. The summed E-state index contributed by atoms with van der Waals surface area (Å²) in [7, 11) is 3.79. The van der Waals surface area contributed by atoms with E-state index in [0.29, 0.717) is 25.9 Å². The van der Waals surface area contributed by atoms with Crippen LogP contribution in [0.1, 0.15) is 36.9 Å². The largest absolute Gasteiger partial charge is 0.481 e. The van der Waals surface area contributed by atoms with Crippen LogP contribution in [0.5, 0.6) is 0 Å². The lowest BCUT2D eigenvalue weighted by molar-refractivity contribution is -0.154. The molecule has 1 aliphatic rings. The fourth-order valence-electron chi connectivity index (χ4n) is 3.02. The molecule has 1 N–H and O–H groups in total. The van der Waals surface area contributed by atoms with E-state index in [2.05, 4.69) is 0 Å². The number of carboxylic acid groups (broad SMARTS) is 1. The third-order valence-electron chi connectivity index (χ3n) is 4.84. The van der Waals surface area contributed by atoms with Gasteiger partial charge in [-0.2, -0.15) is 0 Å². The maximum atomic E-state index is 12.9. The number of aliphatic carboxylic acids is 1. The Hall–Kier alpha value is -1.88. The number of nitrogens with zero attached hydrogens (tertiary/aromatic N) is 2. The standard InChI is InChI=1S/C18H26N2O3/c1-13-5-7-14(8-6-13)15(19(3)4)16(21)20-11-9-18(2,10-12-20)17(22)23/h5-8,15H,9-12H2,1-4H3,(H,22,23). The van der Waals surface area contributed by atoms with Crippen LogP contribution in [0, 0.1) is 12.3 Å². The van der Waals surface area contributed by atoms with E-state index in [1.807, 2.05) is 50.2 Å². The van der Waals surface area contributed by atoms with Crippen molar-refractivity contribution in [2.75, 3.05) is 27.2 Å². The number of carbonyl (C=O) groups is 2. The Balaban J connectivity index is 2.14. The Morgan fingerprint density at radius 2 is 1.70 bits per heavy atom. The zero-order chi connectivity index (χ0) is 17.2. The van der Waals surface area contributed by atoms with Gasteiger partial charge in [0.2, 0.25) is 5.91 Å². The monoisotopic (exact) mass is 318 g/mol. The fourth-order valence-corrected chi connectivity index (χ4v) is 3.02.